The number of halogens is 1. The number of hydrogen-bond donors (Lipinski definition) is 2. The van der Waals surface area contributed by atoms with E-state index in [1.165, 1.54) is 4.90 Å². The van der Waals surface area contributed by atoms with Gasteiger partial charge in [0.05, 0.1) is 5.56 Å². The molecule has 1 aromatic heterocycles. The predicted molar refractivity (Wildman–Crippen MR) is 72.2 cm³/mol. The van der Waals surface area contributed by atoms with Gasteiger partial charge in [0.25, 0.3) is 5.91 Å². The summed E-state index contributed by atoms with van der Waals surface area (Å²) in [6.45, 7) is 2.31. The Kier molecular flexibility index (Phi) is 3.13. The summed E-state index contributed by atoms with van der Waals surface area (Å²) in [5.74, 6) is 0.477. The molecule has 0 unspecified atom stereocenters. The van der Waals surface area contributed by atoms with Crippen LogP contribution in [0.25, 0.3) is 0 Å². The van der Waals surface area contributed by atoms with Crippen LogP contribution in [0.1, 0.15) is 15.9 Å². The molecule has 2 aliphatic rings. The summed E-state index contributed by atoms with van der Waals surface area (Å²) in [5, 5.41) is 12.0. The van der Waals surface area contributed by atoms with Crippen molar-refractivity contribution >= 4 is 29.4 Å². The number of pyridine rings is 1. The van der Waals surface area contributed by atoms with Crippen LogP contribution in [0.4, 0.5) is 10.6 Å². The lowest BCUT2D eigenvalue weighted by Gasteiger charge is -2.34. The van der Waals surface area contributed by atoms with Crippen LogP contribution in [0.5, 0.6) is 0 Å². The molecule has 7 nitrogen and oxygen atoms in total. The molecule has 2 aliphatic heterocycles. The lowest BCUT2D eigenvalue weighted by Crippen LogP contribution is -2.48. The summed E-state index contributed by atoms with van der Waals surface area (Å²) in [6, 6.07) is 1.72. The highest BCUT2D eigenvalue weighted by atomic mass is 35.5. The molecule has 106 valence electrons. The first-order valence-electron chi connectivity index (χ1n) is 6.26. The molecule has 2 N–H and O–H groups in total. The SMILES string of the molecule is O=C1NCc2c1cc(N1CCN(C(=O)O)CC1)nc2Cl. The summed E-state index contributed by atoms with van der Waals surface area (Å²) in [4.78, 5) is 30.2. The Morgan fingerprint density at radius 1 is 1.35 bits per heavy atom. The number of fused-ring (bicyclic) bond motifs is 1. The lowest BCUT2D eigenvalue weighted by molar-refractivity contribution is 0.0965. The van der Waals surface area contributed by atoms with Crippen LogP contribution in [-0.4, -0.2) is 53.2 Å². The van der Waals surface area contributed by atoms with Gasteiger partial charge >= 0.3 is 6.09 Å². The normalized spacial score (nSPS) is 17.9. The topological polar surface area (TPSA) is 85.8 Å². The maximum absolute atomic E-state index is 11.7. The maximum Gasteiger partial charge on any atom is 0.407 e. The summed E-state index contributed by atoms with van der Waals surface area (Å²) >= 11 is 6.10. The van der Waals surface area contributed by atoms with Crippen molar-refractivity contribution in [3.63, 3.8) is 0 Å². The number of nitrogens with zero attached hydrogens (tertiary/aromatic N) is 3. The fourth-order valence-electron chi connectivity index (χ4n) is 2.45. The standard InChI is InChI=1S/C12H13ClN4O3/c13-10-8-6-14-11(18)7(8)5-9(15-10)16-1-3-17(4-2-16)12(19)20/h5H,1-4,6H2,(H,14,18)(H,19,20). The van der Waals surface area contributed by atoms with Crippen molar-refractivity contribution < 1.29 is 14.7 Å². The average molecular weight is 297 g/mol. The van der Waals surface area contributed by atoms with Crippen LogP contribution >= 0.6 is 11.6 Å². The minimum atomic E-state index is -0.913. The first-order chi connectivity index (χ1) is 9.56. The van der Waals surface area contributed by atoms with Crippen molar-refractivity contribution in [2.24, 2.45) is 0 Å². The Hall–Kier alpha value is -2.02. The monoisotopic (exact) mass is 296 g/mol. The highest BCUT2D eigenvalue weighted by molar-refractivity contribution is 6.31. The molecule has 0 aliphatic carbocycles. The molecule has 0 saturated carbocycles. The van der Waals surface area contributed by atoms with Gasteiger partial charge in [-0.2, -0.15) is 0 Å². The van der Waals surface area contributed by atoms with E-state index in [1.807, 2.05) is 4.90 Å². The van der Waals surface area contributed by atoms with Crippen LogP contribution in [0.2, 0.25) is 5.15 Å². The molecule has 1 saturated heterocycles. The van der Waals surface area contributed by atoms with E-state index in [0.717, 1.165) is 5.56 Å². The Labute approximate surface area is 120 Å². The van der Waals surface area contributed by atoms with Gasteiger partial charge in [-0.05, 0) is 6.07 Å². The fourth-order valence-corrected chi connectivity index (χ4v) is 2.71. The van der Waals surface area contributed by atoms with Crippen LogP contribution in [0.3, 0.4) is 0 Å². The van der Waals surface area contributed by atoms with Crippen molar-refractivity contribution in [2.45, 2.75) is 6.54 Å². The van der Waals surface area contributed by atoms with Gasteiger partial charge in [0.1, 0.15) is 11.0 Å². The van der Waals surface area contributed by atoms with Gasteiger partial charge < -0.3 is 20.2 Å². The number of piperazine rings is 1. The summed E-state index contributed by atoms with van der Waals surface area (Å²) in [7, 11) is 0. The fraction of sp³-hybridized carbons (Fsp3) is 0.417. The second-order valence-corrected chi connectivity index (χ2v) is 5.09. The van der Waals surface area contributed by atoms with Crippen molar-refractivity contribution in [2.75, 3.05) is 31.1 Å². The molecule has 3 rings (SSSR count). The Morgan fingerprint density at radius 3 is 2.70 bits per heavy atom. The van der Waals surface area contributed by atoms with Gasteiger partial charge in [0.2, 0.25) is 0 Å². The number of hydrogen-bond acceptors (Lipinski definition) is 4. The van der Waals surface area contributed by atoms with E-state index in [2.05, 4.69) is 10.3 Å². The minimum Gasteiger partial charge on any atom is -0.465 e. The van der Waals surface area contributed by atoms with Gasteiger partial charge in [-0.25, -0.2) is 9.78 Å². The van der Waals surface area contributed by atoms with Gasteiger partial charge in [0, 0.05) is 38.3 Å². The first-order valence-corrected chi connectivity index (χ1v) is 6.64. The molecule has 0 radical (unpaired) electrons. The van der Waals surface area contributed by atoms with Gasteiger partial charge in [0.15, 0.2) is 0 Å². The number of carboxylic acid groups (broad SMARTS) is 1. The van der Waals surface area contributed by atoms with Crippen molar-refractivity contribution in [1.29, 1.82) is 0 Å². The average Bonchev–Trinajstić information content (AvgIpc) is 2.81. The van der Waals surface area contributed by atoms with E-state index in [4.69, 9.17) is 16.7 Å². The van der Waals surface area contributed by atoms with Crippen LogP contribution in [-0.2, 0) is 6.54 Å². The summed E-state index contributed by atoms with van der Waals surface area (Å²) in [5.41, 5.74) is 1.28. The molecule has 0 aromatic carbocycles. The second-order valence-electron chi connectivity index (χ2n) is 4.74. The molecule has 0 atom stereocenters. The maximum atomic E-state index is 11.7. The van der Waals surface area contributed by atoms with Crippen molar-refractivity contribution in [3.05, 3.63) is 22.3 Å². The van der Waals surface area contributed by atoms with Crippen molar-refractivity contribution in [1.82, 2.24) is 15.2 Å². The largest absolute Gasteiger partial charge is 0.465 e. The molecular formula is C12H13ClN4O3. The zero-order valence-corrected chi connectivity index (χ0v) is 11.4. The molecular weight excluding hydrogens is 284 g/mol. The number of aromatic nitrogens is 1. The molecule has 2 amide bonds. The van der Waals surface area contributed by atoms with E-state index >= 15 is 0 Å². The predicted octanol–water partition coefficient (Wildman–Crippen LogP) is 0.778. The molecule has 1 fully saturated rings. The minimum absolute atomic E-state index is 0.144. The van der Waals surface area contributed by atoms with E-state index in [1.54, 1.807) is 6.07 Å². The van der Waals surface area contributed by atoms with Crippen LogP contribution in [0, 0.1) is 0 Å². The highest BCUT2D eigenvalue weighted by Crippen LogP contribution is 2.27. The highest BCUT2D eigenvalue weighted by Gasteiger charge is 2.26. The lowest BCUT2D eigenvalue weighted by atomic mass is 10.1. The third kappa shape index (κ3) is 2.14. The van der Waals surface area contributed by atoms with E-state index in [-0.39, 0.29) is 5.91 Å². The number of rotatable bonds is 1. The second kappa shape index (κ2) is 4.82. The number of carbonyl (C=O) groups excluding carboxylic acids is 1. The Balaban J connectivity index is 1.82. The third-order valence-corrected chi connectivity index (χ3v) is 3.92. The first kappa shape index (κ1) is 13.0. The Bertz CT molecular complexity index is 584. The van der Waals surface area contributed by atoms with E-state index in [0.29, 0.717) is 49.3 Å². The van der Waals surface area contributed by atoms with Gasteiger partial charge in [-0.3, -0.25) is 4.79 Å². The summed E-state index contributed by atoms with van der Waals surface area (Å²) in [6.07, 6.45) is -0.913. The van der Waals surface area contributed by atoms with E-state index in [9.17, 15) is 9.59 Å². The smallest absolute Gasteiger partial charge is 0.407 e. The third-order valence-electron chi connectivity index (χ3n) is 3.60. The number of nitrogens with one attached hydrogen (secondary N) is 1. The number of carbonyl (C=O) groups is 2. The molecule has 0 spiro atoms. The summed E-state index contributed by atoms with van der Waals surface area (Å²) < 4.78 is 0. The van der Waals surface area contributed by atoms with Gasteiger partial charge in [-0.1, -0.05) is 11.6 Å². The van der Waals surface area contributed by atoms with Crippen molar-refractivity contribution in [3.8, 4) is 0 Å². The molecule has 8 heteroatoms. The van der Waals surface area contributed by atoms with Gasteiger partial charge in [-0.15, -0.1) is 0 Å². The number of anilines is 1. The van der Waals surface area contributed by atoms with E-state index < -0.39 is 6.09 Å². The molecule has 1 aromatic rings. The Morgan fingerprint density at radius 2 is 2.05 bits per heavy atom. The zero-order valence-electron chi connectivity index (χ0n) is 10.6. The van der Waals surface area contributed by atoms with Crippen LogP contribution < -0.4 is 10.2 Å². The zero-order chi connectivity index (χ0) is 14.3. The molecule has 20 heavy (non-hydrogen) atoms. The number of amides is 2. The molecule has 3 heterocycles. The van der Waals surface area contributed by atoms with Crippen LogP contribution in [0.15, 0.2) is 6.07 Å². The quantitative estimate of drug-likeness (QED) is 0.748. The molecule has 0 bridgehead atoms.